The van der Waals surface area contributed by atoms with E-state index in [0.717, 1.165) is 43.4 Å². The number of rotatable bonds is 2. The lowest BCUT2D eigenvalue weighted by Crippen LogP contribution is -2.56. The Bertz CT molecular complexity index is 629. The number of ketones is 1. The summed E-state index contributed by atoms with van der Waals surface area (Å²) in [5, 5.41) is 0. The van der Waals surface area contributed by atoms with E-state index >= 15 is 0 Å². The highest BCUT2D eigenvalue weighted by Gasteiger charge is 2.64. The van der Waals surface area contributed by atoms with Gasteiger partial charge in [-0.15, -0.1) is 6.42 Å². The van der Waals surface area contributed by atoms with Gasteiger partial charge in [0.1, 0.15) is 11.4 Å². The van der Waals surface area contributed by atoms with Crippen molar-refractivity contribution in [3.05, 3.63) is 0 Å². The normalized spacial score (nSPS) is 48.3. The monoisotopic (exact) mass is 372 g/mol. The summed E-state index contributed by atoms with van der Waals surface area (Å²) in [6.07, 6.45) is 16.4. The zero-order chi connectivity index (χ0) is 18.7. The van der Waals surface area contributed by atoms with Crippen molar-refractivity contribution in [2.45, 2.75) is 90.0 Å². The lowest BCUT2D eigenvalue weighted by Gasteiger charge is -2.57. The summed E-state index contributed by atoms with van der Waals surface area (Å²) in [6.45, 7) is 9.29. The van der Waals surface area contributed by atoms with Crippen LogP contribution in [0.4, 0.5) is 0 Å². The van der Waals surface area contributed by atoms with E-state index in [9.17, 15) is 4.79 Å². The van der Waals surface area contributed by atoms with Gasteiger partial charge in [0.25, 0.3) is 0 Å². The average Bonchev–Trinajstić information content (AvgIpc) is 2.86. The summed E-state index contributed by atoms with van der Waals surface area (Å²) in [7, 11) is -1.70. The molecule has 0 bridgehead atoms. The Labute approximate surface area is 161 Å². The van der Waals surface area contributed by atoms with E-state index in [1.54, 1.807) is 0 Å². The van der Waals surface area contributed by atoms with Gasteiger partial charge in [-0.05, 0) is 94.2 Å². The van der Waals surface area contributed by atoms with Crippen molar-refractivity contribution in [3.8, 4) is 12.3 Å². The van der Waals surface area contributed by atoms with Crippen molar-refractivity contribution in [1.82, 2.24) is 0 Å². The van der Waals surface area contributed by atoms with Crippen molar-refractivity contribution in [2.75, 3.05) is 0 Å². The number of Topliss-reactive ketones (excluding diaryl/α,β-unsaturated/α-hetero) is 1. The van der Waals surface area contributed by atoms with Crippen LogP contribution in [0.3, 0.4) is 0 Å². The van der Waals surface area contributed by atoms with Crippen LogP contribution in [0.5, 0.6) is 0 Å². The van der Waals surface area contributed by atoms with Crippen molar-refractivity contribution in [2.24, 2.45) is 35.0 Å². The van der Waals surface area contributed by atoms with E-state index in [4.69, 9.17) is 10.8 Å². The third kappa shape index (κ3) is 2.75. The fourth-order valence-corrected chi connectivity index (χ4v) is 9.05. The van der Waals surface area contributed by atoms with Crippen LogP contribution in [0.1, 0.15) is 64.7 Å². The lowest BCUT2D eigenvalue weighted by atomic mass is 9.49. The minimum Gasteiger partial charge on any atom is -0.401 e. The minimum atomic E-state index is -1.70. The highest BCUT2D eigenvalue weighted by atomic mass is 28.4. The Morgan fingerprint density at radius 3 is 2.50 bits per heavy atom. The zero-order valence-corrected chi connectivity index (χ0v) is 18.1. The third-order valence-corrected chi connectivity index (χ3v) is 9.56. The Morgan fingerprint density at radius 1 is 1.04 bits per heavy atom. The van der Waals surface area contributed by atoms with Gasteiger partial charge < -0.3 is 4.43 Å². The SMILES string of the molecule is C#C[C@@]1(O[Si](C)(C)C)CC[C@H]2[C@@H]3CC[C@H]4CC(=O)CC[C@@H]4[C@H]3CC[C@@]21C. The molecule has 0 spiro atoms. The van der Waals surface area contributed by atoms with Crippen LogP contribution in [0.15, 0.2) is 0 Å². The number of terminal acetylenes is 1. The van der Waals surface area contributed by atoms with Gasteiger partial charge in [0.2, 0.25) is 0 Å². The molecule has 0 aromatic carbocycles. The molecule has 0 aromatic heterocycles. The molecule has 0 unspecified atom stereocenters. The van der Waals surface area contributed by atoms with E-state index in [-0.39, 0.29) is 11.0 Å². The summed E-state index contributed by atoms with van der Waals surface area (Å²) in [5.41, 5.74) is -0.201. The van der Waals surface area contributed by atoms with Crippen LogP contribution >= 0.6 is 0 Å². The van der Waals surface area contributed by atoms with Gasteiger partial charge in [-0.2, -0.15) is 0 Å². The fraction of sp³-hybridized carbons (Fsp3) is 0.870. The molecule has 4 fully saturated rings. The summed E-state index contributed by atoms with van der Waals surface area (Å²) in [6, 6.07) is 0. The summed E-state index contributed by atoms with van der Waals surface area (Å²) >= 11 is 0. The van der Waals surface area contributed by atoms with Crippen LogP contribution in [0, 0.1) is 47.3 Å². The number of carbonyl (C=O) groups is 1. The summed E-state index contributed by atoms with van der Waals surface area (Å²) in [4.78, 5) is 11.9. The first-order chi connectivity index (χ1) is 12.2. The van der Waals surface area contributed by atoms with Crippen molar-refractivity contribution in [3.63, 3.8) is 0 Å². The first kappa shape index (κ1) is 18.8. The number of hydrogen-bond donors (Lipinski definition) is 0. The molecular formula is C23H36O2Si. The first-order valence-electron chi connectivity index (χ1n) is 10.9. The first-order valence-corrected chi connectivity index (χ1v) is 14.3. The Balaban J connectivity index is 1.60. The maximum atomic E-state index is 11.9. The second-order valence-electron chi connectivity index (χ2n) is 10.9. The molecule has 7 atom stereocenters. The van der Waals surface area contributed by atoms with Gasteiger partial charge >= 0.3 is 0 Å². The Kier molecular flexibility index (Phi) is 4.48. The van der Waals surface area contributed by atoms with Gasteiger partial charge in [-0.1, -0.05) is 12.8 Å². The molecule has 144 valence electrons. The summed E-state index contributed by atoms with van der Waals surface area (Å²) < 4.78 is 6.77. The molecule has 2 nitrogen and oxygen atoms in total. The molecule has 0 heterocycles. The zero-order valence-electron chi connectivity index (χ0n) is 17.1. The largest absolute Gasteiger partial charge is 0.401 e. The molecule has 0 aliphatic heterocycles. The standard InChI is InChI=1S/C23H36O2Si/c1-6-23(25-26(3,4)5)14-12-21-20-9-7-16-15-17(24)8-10-18(16)19(20)11-13-22(21,23)2/h1,16,18-21H,7-15H2,2-5H3/t16-,18-,19+,20+,21-,22-,23+/m0/s1. The second-order valence-corrected chi connectivity index (χ2v) is 15.3. The van der Waals surface area contributed by atoms with Crippen molar-refractivity contribution >= 4 is 14.1 Å². The molecule has 26 heavy (non-hydrogen) atoms. The molecule has 4 saturated carbocycles. The molecule has 0 saturated heterocycles. The lowest BCUT2D eigenvalue weighted by molar-refractivity contribution is -0.129. The molecule has 4 aliphatic carbocycles. The van der Waals surface area contributed by atoms with E-state index in [1.807, 2.05) is 0 Å². The maximum absolute atomic E-state index is 11.9. The fourth-order valence-electron chi connectivity index (χ4n) is 7.61. The van der Waals surface area contributed by atoms with E-state index in [0.29, 0.717) is 17.6 Å². The van der Waals surface area contributed by atoms with E-state index < -0.39 is 8.32 Å². The quantitative estimate of drug-likeness (QED) is 0.477. The molecule has 0 amide bonds. The topological polar surface area (TPSA) is 26.3 Å². The Hall–Kier alpha value is -0.593. The van der Waals surface area contributed by atoms with E-state index in [1.165, 1.54) is 32.1 Å². The van der Waals surface area contributed by atoms with Gasteiger partial charge in [-0.25, -0.2) is 0 Å². The second kappa shape index (κ2) is 6.21. The molecule has 0 N–H and O–H groups in total. The van der Waals surface area contributed by atoms with Crippen LogP contribution in [0.2, 0.25) is 19.6 Å². The molecule has 0 aromatic rings. The van der Waals surface area contributed by atoms with Crippen molar-refractivity contribution in [1.29, 1.82) is 0 Å². The van der Waals surface area contributed by atoms with Gasteiger partial charge in [-0.3, -0.25) is 4.79 Å². The number of hydrogen-bond acceptors (Lipinski definition) is 2. The van der Waals surface area contributed by atoms with E-state index in [2.05, 4.69) is 32.5 Å². The molecule has 3 heteroatoms. The smallest absolute Gasteiger partial charge is 0.185 e. The van der Waals surface area contributed by atoms with Crippen molar-refractivity contribution < 1.29 is 9.22 Å². The number of carbonyl (C=O) groups excluding carboxylic acids is 1. The molecular weight excluding hydrogens is 336 g/mol. The maximum Gasteiger partial charge on any atom is 0.185 e. The van der Waals surface area contributed by atoms with Crippen LogP contribution in [0.25, 0.3) is 0 Å². The summed E-state index contributed by atoms with van der Waals surface area (Å²) in [5.74, 6) is 7.55. The minimum absolute atomic E-state index is 0.139. The highest BCUT2D eigenvalue weighted by molar-refractivity contribution is 6.69. The van der Waals surface area contributed by atoms with Crippen LogP contribution in [-0.2, 0) is 9.22 Å². The predicted molar refractivity (Wildman–Crippen MR) is 108 cm³/mol. The molecule has 4 aliphatic rings. The van der Waals surface area contributed by atoms with Gasteiger partial charge in [0.15, 0.2) is 8.32 Å². The highest BCUT2D eigenvalue weighted by Crippen LogP contribution is 2.66. The molecule has 4 rings (SSSR count). The van der Waals surface area contributed by atoms with Gasteiger partial charge in [0.05, 0.1) is 0 Å². The number of fused-ring (bicyclic) bond motifs is 5. The predicted octanol–water partition coefficient (Wildman–Crippen LogP) is 5.43. The average molecular weight is 373 g/mol. The molecule has 0 radical (unpaired) electrons. The third-order valence-electron chi connectivity index (χ3n) is 8.60. The van der Waals surface area contributed by atoms with Crippen LogP contribution in [-0.4, -0.2) is 19.7 Å². The van der Waals surface area contributed by atoms with Crippen LogP contribution < -0.4 is 0 Å². The van der Waals surface area contributed by atoms with Gasteiger partial charge in [0, 0.05) is 18.3 Å². The Morgan fingerprint density at radius 2 is 1.81 bits per heavy atom.